The van der Waals surface area contributed by atoms with Crippen molar-refractivity contribution in [3.05, 3.63) is 75.8 Å². The molecule has 1 aliphatic heterocycles. The van der Waals surface area contributed by atoms with Crippen LogP contribution in [-0.2, 0) is 9.57 Å². The number of morpholine rings is 1. The average molecular weight is 355 g/mol. The normalized spacial score (nSPS) is 14.8. The third-order valence-corrected chi connectivity index (χ3v) is 3.87. The Labute approximate surface area is 149 Å². The number of benzene rings is 2. The van der Waals surface area contributed by atoms with E-state index in [1.165, 1.54) is 12.1 Å². The Kier molecular flexibility index (Phi) is 5.55. The van der Waals surface area contributed by atoms with Gasteiger partial charge in [0.05, 0.1) is 23.7 Å². The molecule has 8 heteroatoms. The van der Waals surface area contributed by atoms with E-state index in [2.05, 4.69) is 5.16 Å². The molecule has 0 spiro atoms. The molecule has 2 aromatic rings. The molecule has 134 valence electrons. The summed E-state index contributed by atoms with van der Waals surface area (Å²) >= 11 is 0. The van der Waals surface area contributed by atoms with Crippen molar-refractivity contribution in [1.29, 1.82) is 0 Å². The molecule has 26 heavy (non-hydrogen) atoms. The van der Waals surface area contributed by atoms with Gasteiger partial charge in [0, 0.05) is 30.8 Å². The van der Waals surface area contributed by atoms with Gasteiger partial charge in [-0.15, -0.1) is 0 Å². The molecule has 1 heterocycles. The highest BCUT2D eigenvalue weighted by Crippen LogP contribution is 2.15. The van der Waals surface area contributed by atoms with Crippen molar-refractivity contribution in [3.8, 4) is 0 Å². The number of carbonyl (C=O) groups excluding carboxylic acids is 1. The molecule has 0 N–H and O–H groups in total. The minimum atomic E-state index is -0.571. The van der Waals surface area contributed by atoms with Crippen LogP contribution in [0.2, 0.25) is 0 Å². The van der Waals surface area contributed by atoms with E-state index in [1.54, 1.807) is 42.5 Å². The first-order valence-electron chi connectivity index (χ1n) is 8.07. The molecular formula is C18H17N3O5. The number of nitro groups is 1. The van der Waals surface area contributed by atoms with Crippen LogP contribution in [0.5, 0.6) is 0 Å². The molecule has 3 rings (SSSR count). The van der Waals surface area contributed by atoms with Crippen LogP contribution in [0.25, 0.3) is 0 Å². The Bertz CT molecular complexity index is 799. The quantitative estimate of drug-likeness (QED) is 0.275. The maximum atomic E-state index is 12.1. The molecular weight excluding hydrogens is 338 g/mol. The highest BCUT2D eigenvalue weighted by Gasteiger charge is 2.19. The van der Waals surface area contributed by atoms with Gasteiger partial charge in [0.2, 0.25) is 0 Å². The molecule has 2 aromatic carbocycles. The van der Waals surface area contributed by atoms with E-state index in [1.807, 2.05) is 4.90 Å². The average Bonchev–Trinajstić information content (AvgIpc) is 2.70. The van der Waals surface area contributed by atoms with E-state index in [4.69, 9.17) is 9.57 Å². The number of hydrogen-bond donors (Lipinski definition) is 0. The lowest BCUT2D eigenvalue weighted by molar-refractivity contribution is -0.384. The van der Waals surface area contributed by atoms with Crippen LogP contribution in [0.15, 0.2) is 59.8 Å². The van der Waals surface area contributed by atoms with Crippen molar-refractivity contribution in [2.24, 2.45) is 5.16 Å². The SMILES string of the molecule is O=C(O/N=C(/c1ccc([N+](=O)[O-])cc1)N1CCOCC1)c1ccccc1. The van der Waals surface area contributed by atoms with Gasteiger partial charge < -0.3 is 14.5 Å². The fraction of sp³-hybridized carbons (Fsp3) is 0.222. The lowest BCUT2D eigenvalue weighted by atomic mass is 10.1. The number of carbonyl (C=O) groups is 1. The zero-order valence-corrected chi connectivity index (χ0v) is 13.9. The van der Waals surface area contributed by atoms with Gasteiger partial charge in [-0.05, 0) is 24.3 Å². The van der Waals surface area contributed by atoms with E-state index in [0.29, 0.717) is 43.3 Å². The number of ether oxygens (including phenoxy) is 1. The van der Waals surface area contributed by atoms with Crippen LogP contribution >= 0.6 is 0 Å². The van der Waals surface area contributed by atoms with Crippen molar-refractivity contribution in [2.75, 3.05) is 26.3 Å². The van der Waals surface area contributed by atoms with Crippen LogP contribution in [0.1, 0.15) is 15.9 Å². The van der Waals surface area contributed by atoms with Gasteiger partial charge in [-0.2, -0.15) is 0 Å². The summed E-state index contributed by atoms with van der Waals surface area (Å²) in [7, 11) is 0. The van der Waals surface area contributed by atoms with E-state index in [-0.39, 0.29) is 5.69 Å². The molecule has 0 aliphatic carbocycles. The van der Waals surface area contributed by atoms with Crippen molar-refractivity contribution < 1.29 is 19.3 Å². The second-order valence-electron chi connectivity index (χ2n) is 5.56. The second kappa shape index (κ2) is 8.21. The molecule has 8 nitrogen and oxygen atoms in total. The summed E-state index contributed by atoms with van der Waals surface area (Å²) in [4.78, 5) is 29.5. The number of non-ortho nitro benzene ring substituents is 1. The molecule has 0 unspecified atom stereocenters. The first kappa shape index (κ1) is 17.6. The topological polar surface area (TPSA) is 94.3 Å². The largest absolute Gasteiger partial charge is 0.378 e. The maximum absolute atomic E-state index is 12.1. The van der Waals surface area contributed by atoms with Gasteiger partial charge in [-0.25, -0.2) is 4.79 Å². The summed E-state index contributed by atoms with van der Waals surface area (Å²) in [5.41, 5.74) is 0.996. The van der Waals surface area contributed by atoms with Crippen molar-refractivity contribution >= 4 is 17.5 Å². The van der Waals surface area contributed by atoms with Crippen LogP contribution in [0.3, 0.4) is 0 Å². The van der Waals surface area contributed by atoms with Gasteiger partial charge >= 0.3 is 5.97 Å². The fourth-order valence-electron chi connectivity index (χ4n) is 2.51. The summed E-state index contributed by atoms with van der Waals surface area (Å²) in [6, 6.07) is 14.5. The first-order chi connectivity index (χ1) is 12.6. The smallest absolute Gasteiger partial charge is 0.365 e. The van der Waals surface area contributed by atoms with Gasteiger partial charge in [0.25, 0.3) is 5.69 Å². The molecule has 1 fully saturated rings. The van der Waals surface area contributed by atoms with Crippen molar-refractivity contribution in [1.82, 2.24) is 4.90 Å². The Hall–Kier alpha value is -3.26. The van der Waals surface area contributed by atoms with Gasteiger partial charge in [0.1, 0.15) is 0 Å². The molecule has 1 aliphatic rings. The summed E-state index contributed by atoms with van der Waals surface area (Å²) in [6.45, 7) is 2.22. The Morgan fingerprint density at radius 2 is 1.69 bits per heavy atom. The van der Waals surface area contributed by atoms with E-state index in [0.717, 1.165) is 0 Å². The van der Waals surface area contributed by atoms with Gasteiger partial charge in [0.15, 0.2) is 5.84 Å². The van der Waals surface area contributed by atoms with Crippen LogP contribution in [0.4, 0.5) is 5.69 Å². The molecule has 0 radical (unpaired) electrons. The highest BCUT2D eigenvalue weighted by molar-refractivity contribution is 5.99. The second-order valence-corrected chi connectivity index (χ2v) is 5.56. The number of hydrogen-bond acceptors (Lipinski definition) is 6. The number of nitrogens with zero attached hydrogens (tertiary/aromatic N) is 3. The van der Waals surface area contributed by atoms with Crippen molar-refractivity contribution in [3.63, 3.8) is 0 Å². The molecule has 0 amide bonds. The third kappa shape index (κ3) is 4.22. The first-order valence-corrected chi connectivity index (χ1v) is 8.07. The van der Waals surface area contributed by atoms with Crippen LogP contribution in [-0.4, -0.2) is 47.9 Å². The monoisotopic (exact) mass is 355 g/mol. The zero-order chi connectivity index (χ0) is 18.4. The lowest BCUT2D eigenvalue weighted by Gasteiger charge is -2.29. The Morgan fingerprint density at radius 1 is 1.04 bits per heavy atom. The fourth-order valence-corrected chi connectivity index (χ4v) is 2.51. The maximum Gasteiger partial charge on any atom is 0.365 e. The van der Waals surface area contributed by atoms with E-state index < -0.39 is 10.9 Å². The molecule has 0 atom stereocenters. The number of amidine groups is 1. The lowest BCUT2D eigenvalue weighted by Crippen LogP contribution is -2.41. The third-order valence-electron chi connectivity index (χ3n) is 3.87. The van der Waals surface area contributed by atoms with E-state index >= 15 is 0 Å². The minimum absolute atomic E-state index is 0.0173. The summed E-state index contributed by atoms with van der Waals surface area (Å²) in [6.07, 6.45) is 0. The van der Waals surface area contributed by atoms with E-state index in [9.17, 15) is 14.9 Å². The predicted molar refractivity (Wildman–Crippen MR) is 93.9 cm³/mol. The number of rotatable bonds is 4. The summed E-state index contributed by atoms with van der Waals surface area (Å²) in [5.74, 6) is -0.134. The standard InChI is InChI=1S/C18H17N3O5/c22-18(15-4-2-1-3-5-15)26-19-17(20-10-12-25-13-11-20)14-6-8-16(9-7-14)21(23)24/h1-9H,10-13H2/b19-17-. The highest BCUT2D eigenvalue weighted by atomic mass is 16.7. The number of nitro benzene ring substituents is 1. The van der Waals surface area contributed by atoms with Crippen LogP contribution < -0.4 is 0 Å². The van der Waals surface area contributed by atoms with Gasteiger partial charge in [-0.3, -0.25) is 10.1 Å². The molecule has 0 saturated carbocycles. The minimum Gasteiger partial charge on any atom is -0.378 e. The Balaban J connectivity index is 1.85. The molecule has 1 saturated heterocycles. The summed E-state index contributed by atoms with van der Waals surface area (Å²) < 4.78 is 5.34. The van der Waals surface area contributed by atoms with Crippen LogP contribution in [0, 0.1) is 10.1 Å². The number of oxime groups is 1. The summed E-state index contributed by atoms with van der Waals surface area (Å²) in [5, 5.41) is 14.9. The zero-order valence-electron chi connectivity index (χ0n) is 13.9. The van der Waals surface area contributed by atoms with Crippen molar-refractivity contribution in [2.45, 2.75) is 0 Å². The predicted octanol–water partition coefficient (Wildman–Crippen LogP) is 2.45. The Morgan fingerprint density at radius 3 is 2.31 bits per heavy atom. The molecule has 0 aromatic heterocycles. The molecule has 0 bridgehead atoms. The van der Waals surface area contributed by atoms with Gasteiger partial charge in [-0.1, -0.05) is 23.4 Å².